The number of carbonyl (C=O) groups is 1. The van der Waals surface area contributed by atoms with E-state index >= 15 is 0 Å². The monoisotopic (exact) mass is 219 g/mol. The highest BCUT2D eigenvalue weighted by atomic mass is 16.5. The Hall–Kier alpha value is -1.77. The van der Waals surface area contributed by atoms with Crippen molar-refractivity contribution in [2.75, 3.05) is 13.7 Å². The number of carbonyl (C=O) groups excluding carboxylic acids is 1. The minimum atomic E-state index is -0.330. The third kappa shape index (κ3) is 3.12. The molecule has 16 heavy (non-hydrogen) atoms. The molecule has 3 heteroatoms. The van der Waals surface area contributed by atoms with Crippen LogP contribution in [0.4, 0.5) is 4.79 Å². The number of benzene rings is 1. The molecule has 0 aliphatic heterocycles. The molecular formula is C13H17NO2. The van der Waals surface area contributed by atoms with Crippen molar-refractivity contribution in [2.45, 2.75) is 13.5 Å². The normalized spacial score (nSPS) is 9.62. The van der Waals surface area contributed by atoms with E-state index in [0.717, 1.165) is 5.56 Å². The molecule has 0 N–H and O–H groups in total. The Bertz CT molecular complexity index is 374. The second-order valence-electron chi connectivity index (χ2n) is 3.57. The van der Waals surface area contributed by atoms with Gasteiger partial charge in [0.25, 0.3) is 0 Å². The Labute approximate surface area is 96.3 Å². The SMILES string of the molecule is C=CCN(Cc1ccccc1C)C(=O)OC. The number of ether oxygens (including phenoxy) is 1. The van der Waals surface area contributed by atoms with Gasteiger partial charge in [0.1, 0.15) is 0 Å². The summed E-state index contributed by atoms with van der Waals surface area (Å²) in [6.45, 7) is 6.69. The Kier molecular flexibility index (Phi) is 4.58. The Morgan fingerprint density at radius 2 is 2.19 bits per heavy atom. The van der Waals surface area contributed by atoms with E-state index in [1.165, 1.54) is 12.7 Å². The van der Waals surface area contributed by atoms with Crippen LogP contribution < -0.4 is 0 Å². The van der Waals surface area contributed by atoms with Crippen molar-refractivity contribution < 1.29 is 9.53 Å². The highest BCUT2D eigenvalue weighted by Gasteiger charge is 2.13. The number of rotatable bonds is 4. The van der Waals surface area contributed by atoms with Crippen LogP contribution in [0.1, 0.15) is 11.1 Å². The topological polar surface area (TPSA) is 29.5 Å². The molecule has 0 aliphatic rings. The van der Waals surface area contributed by atoms with Crippen molar-refractivity contribution in [1.29, 1.82) is 0 Å². The van der Waals surface area contributed by atoms with Crippen LogP contribution in [-0.4, -0.2) is 24.6 Å². The van der Waals surface area contributed by atoms with E-state index in [-0.39, 0.29) is 6.09 Å². The van der Waals surface area contributed by atoms with Gasteiger partial charge in [0.2, 0.25) is 0 Å². The summed E-state index contributed by atoms with van der Waals surface area (Å²) < 4.78 is 4.72. The molecule has 0 atom stereocenters. The molecule has 0 aliphatic carbocycles. The molecule has 0 aromatic heterocycles. The average Bonchev–Trinajstić information content (AvgIpc) is 2.30. The van der Waals surface area contributed by atoms with Crippen molar-refractivity contribution >= 4 is 6.09 Å². The largest absolute Gasteiger partial charge is 0.453 e. The van der Waals surface area contributed by atoms with E-state index in [1.54, 1.807) is 11.0 Å². The van der Waals surface area contributed by atoms with E-state index in [4.69, 9.17) is 4.74 Å². The highest BCUT2D eigenvalue weighted by molar-refractivity contribution is 5.67. The molecule has 0 spiro atoms. The van der Waals surface area contributed by atoms with Crippen LogP contribution in [-0.2, 0) is 11.3 Å². The first-order chi connectivity index (χ1) is 7.69. The minimum Gasteiger partial charge on any atom is -0.453 e. The molecule has 0 heterocycles. The predicted molar refractivity (Wildman–Crippen MR) is 64.2 cm³/mol. The maximum absolute atomic E-state index is 11.5. The zero-order valence-corrected chi connectivity index (χ0v) is 9.77. The summed E-state index contributed by atoms with van der Waals surface area (Å²) in [5, 5.41) is 0. The third-order valence-corrected chi connectivity index (χ3v) is 2.40. The molecule has 0 radical (unpaired) electrons. The molecule has 0 saturated carbocycles. The summed E-state index contributed by atoms with van der Waals surface area (Å²) in [7, 11) is 1.39. The summed E-state index contributed by atoms with van der Waals surface area (Å²) in [5.41, 5.74) is 2.29. The number of nitrogens with zero attached hydrogens (tertiary/aromatic N) is 1. The van der Waals surface area contributed by atoms with Crippen LogP contribution >= 0.6 is 0 Å². The van der Waals surface area contributed by atoms with Gasteiger partial charge in [-0.15, -0.1) is 6.58 Å². The van der Waals surface area contributed by atoms with Gasteiger partial charge in [-0.05, 0) is 18.1 Å². The number of aryl methyl sites for hydroxylation is 1. The summed E-state index contributed by atoms with van der Waals surface area (Å²) in [6, 6.07) is 7.98. The smallest absolute Gasteiger partial charge is 0.410 e. The van der Waals surface area contributed by atoms with Gasteiger partial charge in [0.05, 0.1) is 7.11 Å². The summed E-state index contributed by atoms with van der Waals surface area (Å²) >= 11 is 0. The molecule has 0 bridgehead atoms. The van der Waals surface area contributed by atoms with Gasteiger partial charge in [-0.1, -0.05) is 30.3 Å². The first kappa shape index (κ1) is 12.3. The standard InChI is InChI=1S/C13H17NO2/c1-4-9-14(13(15)16-3)10-12-8-6-5-7-11(12)2/h4-8H,1,9-10H2,2-3H3. The van der Waals surface area contributed by atoms with Crippen molar-refractivity contribution in [3.05, 3.63) is 48.0 Å². The average molecular weight is 219 g/mol. The van der Waals surface area contributed by atoms with Gasteiger partial charge in [-0.2, -0.15) is 0 Å². The maximum atomic E-state index is 11.5. The maximum Gasteiger partial charge on any atom is 0.410 e. The van der Waals surface area contributed by atoms with Gasteiger partial charge in [-0.25, -0.2) is 4.79 Å². The zero-order valence-electron chi connectivity index (χ0n) is 9.77. The second-order valence-corrected chi connectivity index (χ2v) is 3.57. The first-order valence-corrected chi connectivity index (χ1v) is 5.17. The fraction of sp³-hybridized carbons (Fsp3) is 0.308. The van der Waals surface area contributed by atoms with E-state index in [1.807, 2.05) is 31.2 Å². The Balaban J connectivity index is 2.79. The van der Waals surface area contributed by atoms with Crippen molar-refractivity contribution in [1.82, 2.24) is 4.90 Å². The van der Waals surface area contributed by atoms with Gasteiger partial charge < -0.3 is 9.64 Å². The van der Waals surface area contributed by atoms with Crippen LogP contribution in [0.3, 0.4) is 0 Å². The number of amides is 1. The van der Waals surface area contributed by atoms with Crippen LogP contribution in [0.2, 0.25) is 0 Å². The van der Waals surface area contributed by atoms with Crippen molar-refractivity contribution in [3.8, 4) is 0 Å². The number of hydrogen-bond acceptors (Lipinski definition) is 2. The second kappa shape index (κ2) is 5.95. The third-order valence-electron chi connectivity index (χ3n) is 2.40. The van der Waals surface area contributed by atoms with E-state index in [0.29, 0.717) is 13.1 Å². The zero-order chi connectivity index (χ0) is 12.0. The molecule has 1 amide bonds. The Morgan fingerprint density at radius 1 is 1.50 bits per heavy atom. The lowest BCUT2D eigenvalue weighted by Gasteiger charge is -2.20. The lowest BCUT2D eigenvalue weighted by molar-refractivity contribution is 0.125. The number of methoxy groups -OCH3 is 1. The molecule has 0 fully saturated rings. The molecule has 1 aromatic rings. The molecular weight excluding hydrogens is 202 g/mol. The molecule has 0 saturated heterocycles. The minimum absolute atomic E-state index is 0.330. The van der Waals surface area contributed by atoms with Gasteiger partial charge in [-0.3, -0.25) is 0 Å². The number of hydrogen-bond donors (Lipinski definition) is 0. The lowest BCUT2D eigenvalue weighted by atomic mass is 10.1. The van der Waals surface area contributed by atoms with Crippen molar-refractivity contribution in [3.63, 3.8) is 0 Å². The Morgan fingerprint density at radius 3 is 2.75 bits per heavy atom. The van der Waals surface area contributed by atoms with Gasteiger partial charge >= 0.3 is 6.09 Å². The summed E-state index contributed by atoms with van der Waals surface area (Å²) in [5.74, 6) is 0. The van der Waals surface area contributed by atoms with Crippen LogP contribution in [0.5, 0.6) is 0 Å². The van der Waals surface area contributed by atoms with Crippen LogP contribution in [0.25, 0.3) is 0 Å². The summed E-state index contributed by atoms with van der Waals surface area (Å²) in [6.07, 6.45) is 1.36. The van der Waals surface area contributed by atoms with Crippen LogP contribution in [0.15, 0.2) is 36.9 Å². The van der Waals surface area contributed by atoms with Crippen LogP contribution in [0, 0.1) is 6.92 Å². The quantitative estimate of drug-likeness (QED) is 0.729. The molecule has 3 nitrogen and oxygen atoms in total. The lowest BCUT2D eigenvalue weighted by Crippen LogP contribution is -2.30. The van der Waals surface area contributed by atoms with Gasteiger partial charge in [0.15, 0.2) is 0 Å². The molecule has 1 aromatic carbocycles. The van der Waals surface area contributed by atoms with E-state index in [2.05, 4.69) is 6.58 Å². The first-order valence-electron chi connectivity index (χ1n) is 5.17. The molecule has 0 unspecified atom stereocenters. The molecule has 1 rings (SSSR count). The fourth-order valence-electron chi connectivity index (χ4n) is 1.48. The highest BCUT2D eigenvalue weighted by Crippen LogP contribution is 2.11. The predicted octanol–water partition coefficient (Wildman–Crippen LogP) is 2.75. The molecule has 86 valence electrons. The van der Waals surface area contributed by atoms with E-state index in [9.17, 15) is 4.79 Å². The van der Waals surface area contributed by atoms with Crippen molar-refractivity contribution in [2.24, 2.45) is 0 Å². The fourth-order valence-corrected chi connectivity index (χ4v) is 1.48. The summed E-state index contributed by atoms with van der Waals surface area (Å²) in [4.78, 5) is 13.1. The van der Waals surface area contributed by atoms with Gasteiger partial charge in [0, 0.05) is 13.1 Å². The van der Waals surface area contributed by atoms with E-state index < -0.39 is 0 Å².